The first kappa shape index (κ1) is 31.8. The van der Waals surface area contributed by atoms with Crippen LogP contribution in [-0.2, 0) is 0 Å². The van der Waals surface area contributed by atoms with E-state index in [9.17, 15) is 14.8 Å². The minimum atomic E-state index is -0.527. The number of nitroso groups, excluding NO2 is 1. The number of hydrogen-bond acceptors (Lipinski definition) is 4. The number of rotatable bonds is 12. The number of halogens is 1. The second-order valence-corrected chi connectivity index (χ2v) is 15.1. The Morgan fingerprint density at radius 3 is 2.60 bits per heavy atom. The summed E-state index contributed by atoms with van der Waals surface area (Å²) in [5.74, 6) is 4.42. The number of nitrogens with one attached hydrogen (secondary N) is 1. The summed E-state index contributed by atoms with van der Waals surface area (Å²) in [6.07, 6.45) is 16.8. The van der Waals surface area contributed by atoms with Crippen LogP contribution < -0.4 is 5.32 Å². The van der Waals surface area contributed by atoms with Crippen LogP contribution in [0.2, 0.25) is 0 Å². The maximum absolute atomic E-state index is 12.7. The molecule has 228 valence electrons. The Morgan fingerprint density at radius 2 is 1.93 bits per heavy atom. The zero-order valence-corrected chi connectivity index (χ0v) is 26.6. The number of allylic oxidation sites excluding steroid dienone is 2. The summed E-state index contributed by atoms with van der Waals surface area (Å²) >= 11 is 5.76. The van der Waals surface area contributed by atoms with Crippen molar-refractivity contribution >= 4 is 17.6 Å². The van der Waals surface area contributed by atoms with E-state index >= 15 is 0 Å². The molecule has 4 rings (SSSR count). The SMILES string of the molecule is CC(C)CCC[C@@H](C)[C@H]1CC[C@H]2[C@@H]3[C@@H](C(CO)CNC(=O)N(CCCl)N=O)C=C4CCCC[C@]4(C)[C@H]3CC[C@]12C. The van der Waals surface area contributed by atoms with Gasteiger partial charge >= 0.3 is 6.03 Å². The van der Waals surface area contributed by atoms with Gasteiger partial charge in [0.1, 0.15) is 0 Å². The Kier molecular flexibility index (Phi) is 10.7. The molecule has 4 aliphatic carbocycles. The van der Waals surface area contributed by atoms with Gasteiger partial charge in [-0.1, -0.05) is 72.0 Å². The van der Waals surface area contributed by atoms with Gasteiger partial charge in [-0.2, -0.15) is 5.01 Å². The fourth-order valence-corrected chi connectivity index (χ4v) is 10.3. The Morgan fingerprint density at radius 1 is 1.15 bits per heavy atom. The quantitative estimate of drug-likeness (QED) is 0.106. The van der Waals surface area contributed by atoms with E-state index in [0.717, 1.165) is 29.2 Å². The summed E-state index contributed by atoms with van der Waals surface area (Å²) in [4.78, 5) is 23.8. The van der Waals surface area contributed by atoms with Crippen molar-refractivity contribution in [3.8, 4) is 0 Å². The third-order valence-corrected chi connectivity index (χ3v) is 12.4. The number of alkyl halides is 1. The molecule has 0 bridgehead atoms. The molecule has 0 saturated heterocycles. The number of aliphatic hydroxyl groups excluding tert-OH is 1. The second kappa shape index (κ2) is 13.4. The molecule has 0 heterocycles. The fraction of sp³-hybridized carbons (Fsp3) is 0.909. The molecule has 0 radical (unpaired) electrons. The summed E-state index contributed by atoms with van der Waals surface area (Å²) in [5, 5.41) is 17.3. The van der Waals surface area contributed by atoms with Crippen molar-refractivity contribution in [2.24, 2.45) is 63.5 Å². The molecule has 2 N–H and O–H groups in total. The first-order valence-corrected chi connectivity index (χ1v) is 16.9. The van der Waals surface area contributed by atoms with E-state index in [0.29, 0.717) is 29.7 Å². The summed E-state index contributed by atoms with van der Waals surface area (Å²) in [7, 11) is 0. The molecule has 0 aromatic rings. The standard InChI is InChI=1S/C33H56ClN3O3/c1-22(2)9-8-10-23(3)27-12-13-28-30-26(24(21-38)20-35-31(39)37(36-40)18-17-34)19-25-11-6-7-15-32(25,4)29(30)14-16-33(27,28)5/h19,22-24,26-30,38H,6-18,20-21H2,1-5H3,(H,35,39)/t23-,24?,26-,27-,28+,29+,30+,32+,33-/m1/s1. The van der Waals surface area contributed by atoms with Crippen molar-refractivity contribution < 1.29 is 9.90 Å². The predicted octanol–water partition coefficient (Wildman–Crippen LogP) is 8.18. The van der Waals surface area contributed by atoms with Crippen LogP contribution in [0.4, 0.5) is 4.79 Å². The molecular formula is C33H56ClN3O3. The number of urea groups is 1. The highest BCUT2D eigenvalue weighted by atomic mass is 35.5. The smallest absolute Gasteiger partial charge is 0.340 e. The average molecular weight is 578 g/mol. The molecule has 0 spiro atoms. The van der Waals surface area contributed by atoms with Crippen molar-refractivity contribution in [3.05, 3.63) is 16.6 Å². The van der Waals surface area contributed by atoms with E-state index in [4.69, 9.17) is 11.6 Å². The summed E-state index contributed by atoms with van der Waals surface area (Å²) in [6, 6.07) is -0.527. The van der Waals surface area contributed by atoms with E-state index in [2.05, 4.69) is 51.3 Å². The minimum Gasteiger partial charge on any atom is -0.396 e. The van der Waals surface area contributed by atoms with Crippen LogP contribution in [0, 0.1) is 63.1 Å². The molecule has 0 aromatic carbocycles. The monoisotopic (exact) mass is 577 g/mol. The Balaban J connectivity index is 1.60. The normalized spacial score (nSPS) is 36.6. The summed E-state index contributed by atoms with van der Waals surface area (Å²) < 4.78 is 0. The van der Waals surface area contributed by atoms with Crippen molar-refractivity contribution in [3.63, 3.8) is 0 Å². The van der Waals surface area contributed by atoms with Gasteiger partial charge in [-0.05, 0) is 97.2 Å². The number of hydrogen-bond donors (Lipinski definition) is 2. The van der Waals surface area contributed by atoms with Crippen LogP contribution in [-0.4, -0.2) is 41.7 Å². The van der Waals surface area contributed by atoms with Crippen molar-refractivity contribution in [2.45, 2.75) is 105 Å². The Bertz CT molecular complexity index is 911. The van der Waals surface area contributed by atoms with Crippen molar-refractivity contribution in [2.75, 3.05) is 25.6 Å². The van der Waals surface area contributed by atoms with Gasteiger partial charge in [-0.3, -0.25) is 0 Å². The zero-order valence-electron chi connectivity index (χ0n) is 25.8. The molecule has 2 amide bonds. The highest BCUT2D eigenvalue weighted by Crippen LogP contribution is 2.69. The van der Waals surface area contributed by atoms with Gasteiger partial charge in [0.25, 0.3) is 0 Å². The van der Waals surface area contributed by atoms with Crippen LogP contribution in [0.1, 0.15) is 105 Å². The van der Waals surface area contributed by atoms with E-state index in [1.807, 2.05) is 0 Å². The molecule has 0 aliphatic heterocycles. The number of fused-ring (bicyclic) bond motifs is 5. The lowest BCUT2D eigenvalue weighted by molar-refractivity contribution is -0.0823. The van der Waals surface area contributed by atoms with Gasteiger partial charge < -0.3 is 10.4 Å². The topological polar surface area (TPSA) is 82.0 Å². The molecule has 3 saturated carbocycles. The zero-order chi connectivity index (χ0) is 29.1. The van der Waals surface area contributed by atoms with E-state index < -0.39 is 6.03 Å². The maximum Gasteiger partial charge on any atom is 0.340 e. The average Bonchev–Trinajstić information content (AvgIpc) is 3.28. The van der Waals surface area contributed by atoms with Crippen molar-refractivity contribution in [1.82, 2.24) is 10.3 Å². The Hall–Kier alpha value is -1.14. The van der Waals surface area contributed by atoms with E-state index in [-0.39, 0.29) is 36.3 Å². The van der Waals surface area contributed by atoms with Gasteiger partial charge in [0.2, 0.25) is 0 Å². The number of amides is 2. The fourth-order valence-electron chi connectivity index (χ4n) is 10.1. The lowest BCUT2D eigenvalue weighted by Gasteiger charge is -2.61. The third kappa shape index (κ3) is 6.14. The number of carbonyl (C=O) groups excluding carboxylic acids is 1. The largest absolute Gasteiger partial charge is 0.396 e. The first-order valence-electron chi connectivity index (χ1n) is 16.4. The molecular weight excluding hydrogens is 522 g/mol. The van der Waals surface area contributed by atoms with Gasteiger partial charge in [-0.25, -0.2) is 4.79 Å². The lowest BCUT2D eigenvalue weighted by Crippen LogP contribution is -2.55. The molecule has 4 aliphatic rings. The highest BCUT2D eigenvalue weighted by Gasteiger charge is 2.61. The minimum absolute atomic E-state index is 0.0250. The number of aliphatic hydroxyl groups is 1. The molecule has 6 nitrogen and oxygen atoms in total. The van der Waals surface area contributed by atoms with E-state index in [1.165, 1.54) is 64.2 Å². The van der Waals surface area contributed by atoms with Crippen LogP contribution in [0.5, 0.6) is 0 Å². The number of carbonyl (C=O) groups is 1. The Labute approximate surface area is 248 Å². The number of nitrogens with zero attached hydrogens (tertiary/aromatic N) is 2. The van der Waals surface area contributed by atoms with Gasteiger partial charge in [0, 0.05) is 24.9 Å². The molecule has 0 aromatic heterocycles. The maximum atomic E-state index is 12.7. The van der Waals surface area contributed by atoms with Crippen LogP contribution in [0.25, 0.3) is 0 Å². The van der Waals surface area contributed by atoms with Gasteiger partial charge in [0.15, 0.2) is 0 Å². The van der Waals surface area contributed by atoms with Gasteiger partial charge in [0.05, 0.1) is 11.8 Å². The summed E-state index contributed by atoms with van der Waals surface area (Å²) in [6.45, 7) is 12.8. The van der Waals surface area contributed by atoms with Crippen molar-refractivity contribution in [1.29, 1.82) is 0 Å². The molecule has 9 atom stereocenters. The van der Waals surface area contributed by atoms with Crippen LogP contribution in [0.3, 0.4) is 0 Å². The third-order valence-electron chi connectivity index (χ3n) is 12.2. The first-order chi connectivity index (χ1) is 19.1. The highest BCUT2D eigenvalue weighted by molar-refractivity contribution is 6.18. The summed E-state index contributed by atoms with van der Waals surface area (Å²) in [5.41, 5.74) is 2.21. The van der Waals surface area contributed by atoms with Crippen LogP contribution in [0.15, 0.2) is 16.9 Å². The molecule has 1 unspecified atom stereocenters. The molecule has 7 heteroatoms. The second-order valence-electron chi connectivity index (χ2n) is 14.7. The lowest BCUT2D eigenvalue weighted by atomic mass is 9.44. The van der Waals surface area contributed by atoms with E-state index in [1.54, 1.807) is 5.57 Å². The predicted molar refractivity (Wildman–Crippen MR) is 164 cm³/mol. The van der Waals surface area contributed by atoms with Gasteiger partial charge in [-0.15, -0.1) is 16.5 Å². The molecule has 3 fully saturated rings. The molecule has 40 heavy (non-hydrogen) atoms. The van der Waals surface area contributed by atoms with Crippen LogP contribution >= 0.6 is 11.6 Å².